The summed E-state index contributed by atoms with van der Waals surface area (Å²) < 4.78 is 5.38. The van der Waals surface area contributed by atoms with E-state index in [-0.39, 0.29) is 6.04 Å². The lowest BCUT2D eigenvalue weighted by Gasteiger charge is -2.41. The Labute approximate surface area is 102 Å². The van der Waals surface area contributed by atoms with Gasteiger partial charge >= 0.3 is 0 Å². The lowest BCUT2D eigenvalue weighted by atomic mass is 10.1. The van der Waals surface area contributed by atoms with Crippen LogP contribution in [0.25, 0.3) is 0 Å². The van der Waals surface area contributed by atoms with Crippen molar-refractivity contribution in [2.24, 2.45) is 0 Å². The predicted octanol–water partition coefficient (Wildman–Crippen LogP) is 1.87. The van der Waals surface area contributed by atoms with Gasteiger partial charge in [0, 0.05) is 25.7 Å². The van der Waals surface area contributed by atoms with Gasteiger partial charge in [-0.2, -0.15) is 5.26 Å². The Hall–Kier alpha value is -1.31. The molecule has 0 amide bonds. The molecule has 1 aliphatic rings. The maximum absolute atomic E-state index is 9.36. The number of likely N-dealkylation sites (N-methyl/N-ethyl adjacent to an activating group) is 1. The van der Waals surface area contributed by atoms with E-state index in [9.17, 15) is 5.26 Å². The van der Waals surface area contributed by atoms with Crippen LogP contribution in [0.15, 0.2) is 22.8 Å². The van der Waals surface area contributed by atoms with Gasteiger partial charge < -0.3 is 9.32 Å². The fourth-order valence-corrected chi connectivity index (χ4v) is 2.48. The second kappa shape index (κ2) is 5.35. The summed E-state index contributed by atoms with van der Waals surface area (Å²) in [5.41, 5.74) is 0. The third kappa shape index (κ3) is 2.51. The van der Waals surface area contributed by atoms with Gasteiger partial charge in [-0.05, 0) is 25.6 Å². The normalized spacial score (nSPS) is 24.4. The molecular formula is C13H19N3O. The van der Waals surface area contributed by atoms with Crippen LogP contribution < -0.4 is 0 Å². The molecule has 2 rings (SSSR count). The number of nitriles is 1. The number of rotatable bonds is 3. The summed E-state index contributed by atoms with van der Waals surface area (Å²) in [6, 6.07) is 6.29. The van der Waals surface area contributed by atoms with Crippen molar-refractivity contribution in [3.05, 3.63) is 24.2 Å². The first-order valence-corrected chi connectivity index (χ1v) is 6.13. The molecule has 1 fully saturated rings. The number of piperazine rings is 1. The minimum Gasteiger partial charge on any atom is -0.467 e. The van der Waals surface area contributed by atoms with Gasteiger partial charge in [0.05, 0.1) is 12.3 Å². The maximum Gasteiger partial charge on any atom is 0.157 e. The first-order chi connectivity index (χ1) is 8.26. The molecule has 17 heavy (non-hydrogen) atoms. The van der Waals surface area contributed by atoms with E-state index in [0.29, 0.717) is 6.04 Å². The SMILES string of the molecule is CCC1CN(C)CCN1C(C#N)c1ccco1. The van der Waals surface area contributed by atoms with Crippen molar-refractivity contribution in [1.29, 1.82) is 5.26 Å². The highest BCUT2D eigenvalue weighted by Crippen LogP contribution is 2.26. The van der Waals surface area contributed by atoms with Crippen LogP contribution in [0.5, 0.6) is 0 Å². The van der Waals surface area contributed by atoms with E-state index in [2.05, 4.69) is 29.8 Å². The highest BCUT2D eigenvalue weighted by molar-refractivity contribution is 5.14. The molecule has 0 aromatic carbocycles. The summed E-state index contributed by atoms with van der Waals surface area (Å²) in [6.07, 6.45) is 2.69. The summed E-state index contributed by atoms with van der Waals surface area (Å²) in [6.45, 7) is 5.13. The molecule has 2 heterocycles. The molecule has 1 aromatic rings. The minimum absolute atomic E-state index is 0.247. The van der Waals surface area contributed by atoms with Crippen molar-refractivity contribution >= 4 is 0 Å². The first kappa shape index (κ1) is 12.2. The van der Waals surface area contributed by atoms with Crippen molar-refractivity contribution in [2.45, 2.75) is 25.4 Å². The molecule has 0 aliphatic carbocycles. The first-order valence-electron chi connectivity index (χ1n) is 6.13. The lowest BCUT2D eigenvalue weighted by Crippen LogP contribution is -2.52. The van der Waals surface area contributed by atoms with E-state index >= 15 is 0 Å². The van der Waals surface area contributed by atoms with Gasteiger partial charge in [0.25, 0.3) is 0 Å². The van der Waals surface area contributed by atoms with Crippen LogP contribution in [0.4, 0.5) is 0 Å². The molecule has 2 unspecified atom stereocenters. The Kier molecular flexibility index (Phi) is 3.82. The van der Waals surface area contributed by atoms with Crippen LogP contribution in [0.2, 0.25) is 0 Å². The Bertz CT molecular complexity index is 382. The second-order valence-electron chi connectivity index (χ2n) is 4.61. The van der Waals surface area contributed by atoms with Crippen LogP contribution in [-0.4, -0.2) is 42.5 Å². The summed E-state index contributed by atoms with van der Waals surface area (Å²) in [5.74, 6) is 0.760. The highest BCUT2D eigenvalue weighted by atomic mass is 16.3. The van der Waals surface area contributed by atoms with Crippen molar-refractivity contribution in [3.63, 3.8) is 0 Å². The van der Waals surface area contributed by atoms with Gasteiger partial charge in [0.2, 0.25) is 0 Å². The smallest absolute Gasteiger partial charge is 0.157 e. The van der Waals surface area contributed by atoms with Crippen LogP contribution >= 0.6 is 0 Å². The number of furan rings is 1. The predicted molar refractivity (Wildman–Crippen MR) is 65.3 cm³/mol. The molecule has 4 heteroatoms. The van der Waals surface area contributed by atoms with Crippen LogP contribution in [0.1, 0.15) is 25.1 Å². The summed E-state index contributed by atoms with van der Waals surface area (Å²) in [4.78, 5) is 4.58. The molecule has 0 radical (unpaired) electrons. The maximum atomic E-state index is 9.36. The van der Waals surface area contributed by atoms with Crippen molar-refractivity contribution in [2.75, 3.05) is 26.7 Å². The minimum atomic E-state index is -0.247. The van der Waals surface area contributed by atoms with E-state index in [0.717, 1.165) is 31.8 Å². The molecule has 0 saturated carbocycles. The molecule has 1 saturated heterocycles. The zero-order valence-corrected chi connectivity index (χ0v) is 10.5. The zero-order valence-electron chi connectivity index (χ0n) is 10.5. The van der Waals surface area contributed by atoms with Gasteiger partial charge in [0.15, 0.2) is 6.04 Å². The van der Waals surface area contributed by atoms with Crippen molar-refractivity contribution in [3.8, 4) is 6.07 Å². The quantitative estimate of drug-likeness (QED) is 0.799. The summed E-state index contributed by atoms with van der Waals surface area (Å²) in [7, 11) is 2.13. The van der Waals surface area contributed by atoms with Gasteiger partial charge in [-0.3, -0.25) is 4.90 Å². The Morgan fingerprint density at radius 1 is 1.59 bits per heavy atom. The fourth-order valence-electron chi connectivity index (χ4n) is 2.48. The van der Waals surface area contributed by atoms with Crippen LogP contribution in [0.3, 0.4) is 0 Å². The molecule has 4 nitrogen and oxygen atoms in total. The summed E-state index contributed by atoms with van der Waals surface area (Å²) in [5, 5.41) is 9.36. The third-order valence-electron chi connectivity index (χ3n) is 3.47. The van der Waals surface area contributed by atoms with E-state index in [1.165, 1.54) is 0 Å². The molecule has 0 bridgehead atoms. The van der Waals surface area contributed by atoms with Gasteiger partial charge in [-0.1, -0.05) is 6.92 Å². The largest absolute Gasteiger partial charge is 0.467 e. The zero-order chi connectivity index (χ0) is 12.3. The average molecular weight is 233 g/mol. The van der Waals surface area contributed by atoms with Gasteiger partial charge in [0.1, 0.15) is 5.76 Å². The standard InChI is InChI=1S/C13H19N3O/c1-3-11-10-15(2)6-7-16(11)12(9-14)13-5-4-8-17-13/h4-5,8,11-12H,3,6-7,10H2,1-2H3. The number of nitrogens with zero attached hydrogens (tertiary/aromatic N) is 3. The molecule has 1 aromatic heterocycles. The molecule has 2 atom stereocenters. The molecule has 1 aliphatic heterocycles. The average Bonchev–Trinajstić information content (AvgIpc) is 2.85. The monoisotopic (exact) mass is 233 g/mol. The molecular weight excluding hydrogens is 214 g/mol. The molecule has 0 spiro atoms. The second-order valence-corrected chi connectivity index (χ2v) is 4.61. The highest BCUT2D eigenvalue weighted by Gasteiger charge is 2.31. The molecule has 92 valence electrons. The van der Waals surface area contributed by atoms with Crippen LogP contribution in [-0.2, 0) is 0 Å². The topological polar surface area (TPSA) is 43.4 Å². The fraction of sp³-hybridized carbons (Fsp3) is 0.615. The van der Waals surface area contributed by atoms with E-state index in [1.807, 2.05) is 12.1 Å². The van der Waals surface area contributed by atoms with E-state index < -0.39 is 0 Å². The number of hydrogen-bond donors (Lipinski definition) is 0. The number of hydrogen-bond acceptors (Lipinski definition) is 4. The van der Waals surface area contributed by atoms with Crippen molar-refractivity contribution in [1.82, 2.24) is 9.80 Å². The Morgan fingerprint density at radius 3 is 3.00 bits per heavy atom. The molecule has 0 N–H and O–H groups in total. The Morgan fingerprint density at radius 2 is 2.41 bits per heavy atom. The van der Waals surface area contributed by atoms with Crippen LogP contribution in [0, 0.1) is 11.3 Å². The lowest BCUT2D eigenvalue weighted by molar-refractivity contribution is 0.0607. The van der Waals surface area contributed by atoms with Gasteiger partial charge in [-0.25, -0.2) is 0 Å². The third-order valence-corrected chi connectivity index (χ3v) is 3.47. The summed E-state index contributed by atoms with van der Waals surface area (Å²) >= 11 is 0. The van der Waals surface area contributed by atoms with E-state index in [1.54, 1.807) is 6.26 Å². The van der Waals surface area contributed by atoms with Gasteiger partial charge in [-0.15, -0.1) is 0 Å². The Balaban J connectivity index is 2.16. The van der Waals surface area contributed by atoms with Crippen molar-refractivity contribution < 1.29 is 4.42 Å². The van der Waals surface area contributed by atoms with E-state index in [4.69, 9.17) is 4.42 Å².